The normalized spacial score (nSPS) is 10.5. The van der Waals surface area contributed by atoms with E-state index in [1.807, 2.05) is 48.2 Å². The van der Waals surface area contributed by atoms with Crippen LogP contribution in [-0.4, -0.2) is 26.5 Å². The maximum absolute atomic E-state index is 13.0. The quantitative estimate of drug-likeness (QED) is 0.309. The van der Waals surface area contributed by atoms with Gasteiger partial charge in [0.05, 0.1) is 10.7 Å². The molecule has 0 radical (unpaired) electrons. The number of hydrogen-bond donors (Lipinski definition) is 0. The predicted molar refractivity (Wildman–Crippen MR) is 113 cm³/mol. The van der Waals surface area contributed by atoms with E-state index < -0.39 is 4.92 Å². The molecule has 0 spiro atoms. The zero-order valence-corrected chi connectivity index (χ0v) is 16.8. The summed E-state index contributed by atoms with van der Waals surface area (Å²) in [7, 11) is 0. The maximum atomic E-state index is 13.0. The molecule has 1 heterocycles. The topological polar surface area (TPSA) is 76.3 Å². The molecule has 0 fully saturated rings. The predicted octanol–water partition coefficient (Wildman–Crippen LogP) is 4.62. The van der Waals surface area contributed by atoms with Crippen molar-refractivity contribution in [2.24, 2.45) is 0 Å². The first-order valence-electron chi connectivity index (χ1n) is 9.11. The Morgan fingerprint density at radius 2 is 1.83 bits per heavy atom. The first-order chi connectivity index (χ1) is 14.0. The molecule has 1 amide bonds. The second kappa shape index (κ2) is 9.84. The summed E-state index contributed by atoms with van der Waals surface area (Å²) in [5.41, 5.74) is 3.25. The van der Waals surface area contributed by atoms with E-state index in [0.717, 1.165) is 21.6 Å². The molecule has 1 aromatic heterocycles. The van der Waals surface area contributed by atoms with Gasteiger partial charge in [0.1, 0.15) is 0 Å². The third-order valence-corrected chi connectivity index (χ3v) is 5.48. The fourth-order valence-corrected chi connectivity index (χ4v) is 3.64. The molecular formula is C22H21N3O3S. The van der Waals surface area contributed by atoms with Crippen LogP contribution in [0.5, 0.6) is 0 Å². The van der Waals surface area contributed by atoms with E-state index in [4.69, 9.17) is 0 Å². The summed E-state index contributed by atoms with van der Waals surface area (Å²) in [6.07, 6.45) is 3.48. The Labute approximate surface area is 173 Å². The molecule has 29 heavy (non-hydrogen) atoms. The molecule has 7 heteroatoms. The van der Waals surface area contributed by atoms with Crippen molar-refractivity contribution in [3.63, 3.8) is 0 Å². The molecule has 0 aliphatic rings. The standard InChI is InChI=1S/C22H21N3O3S/c1-17-5-2-3-7-19(17)15-24(14-18-6-4-12-23-13-18)22(26)16-29-21-10-8-20(9-11-21)25(27)28/h2-13H,14-16H2,1H3. The number of nitrogens with zero attached hydrogens (tertiary/aromatic N) is 3. The van der Waals surface area contributed by atoms with Gasteiger partial charge in [-0.1, -0.05) is 30.3 Å². The number of nitro benzene ring substituents is 1. The van der Waals surface area contributed by atoms with Crippen molar-refractivity contribution in [3.05, 3.63) is 99.9 Å². The zero-order chi connectivity index (χ0) is 20.6. The molecular weight excluding hydrogens is 386 g/mol. The van der Waals surface area contributed by atoms with Crippen LogP contribution in [0.3, 0.4) is 0 Å². The van der Waals surface area contributed by atoms with Crippen molar-refractivity contribution in [2.45, 2.75) is 24.9 Å². The summed E-state index contributed by atoms with van der Waals surface area (Å²) in [6.45, 7) is 3.02. The summed E-state index contributed by atoms with van der Waals surface area (Å²) in [5, 5.41) is 10.8. The van der Waals surface area contributed by atoms with E-state index in [0.29, 0.717) is 13.1 Å². The minimum atomic E-state index is -0.433. The first-order valence-corrected chi connectivity index (χ1v) is 10.1. The smallest absolute Gasteiger partial charge is 0.269 e. The molecule has 0 aliphatic carbocycles. The third kappa shape index (κ3) is 5.89. The molecule has 0 unspecified atom stereocenters. The number of hydrogen-bond acceptors (Lipinski definition) is 5. The van der Waals surface area contributed by atoms with Crippen LogP contribution in [0.4, 0.5) is 5.69 Å². The van der Waals surface area contributed by atoms with E-state index in [-0.39, 0.29) is 17.3 Å². The lowest BCUT2D eigenvalue weighted by atomic mass is 10.1. The highest BCUT2D eigenvalue weighted by Gasteiger charge is 2.16. The van der Waals surface area contributed by atoms with Crippen molar-refractivity contribution in [1.82, 2.24) is 9.88 Å². The molecule has 3 rings (SSSR count). The number of carbonyl (C=O) groups is 1. The van der Waals surface area contributed by atoms with Crippen molar-refractivity contribution >= 4 is 23.4 Å². The largest absolute Gasteiger partial charge is 0.333 e. The Morgan fingerprint density at radius 3 is 2.48 bits per heavy atom. The van der Waals surface area contributed by atoms with Crippen molar-refractivity contribution in [1.29, 1.82) is 0 Å². The van der Waals surface area contributed by atoms with Crippen LogP contribution < -0.4 is 0 Å². The van der Waals surface area contributed by atoms with Gasteiger partial charge in [0, 0.05) is 42.5 Å². The third-order valence-electron chi connectivity index (χ3n) is 4.48. The lowest BCUT2D eigenvalue weighted by Crippen LogP contribution is -2.31. The van der Waals surface area contributed by atoms with E-state index in [1.165, 1.54) is 23.9 Å². The highest BCUT2D eigenvalue weighted by Crippen LogP contribution is 2.23. The summed E-state index contributed by atoms with van der Waals surface area (Å²) in [4.78, 5) is 30.1. The van der Waals surface area contributed by atoms with Gasteiger partial charge in [0.25, 0.3) is 5.69 Å². The molecule has 148 valence electrons. The van der Waals surface area contributed by atoms with Crippen molar-refractivity contribution in [2.75, 3.05) is 5.75 Å². The van der Waals surface area contributed by atoms with Crippen LogP contribution in [-0.2, 0) is 17.9 Å². The van der Waals surface area contributed by atoms with Gasteiger partial charge in [-0.3, -0.25) is 19.9 Å². The van der Waals surface area contributed by atoms with E-state index in [9.17, 15) is 14.9 Å². The number of pyridine rings is 1. The average molecular weight is 407 g/mol. The van der Waals surface area contributed by atoms with Crippen LogP contribution >= 0.6 is 11.8 Å². The summed E-state index contributed by atoms with van der Waals surface area (Å²) in [5.74, 6) is 0.254. The number of nitro groups is 1. The molecule has 6 nitrogen and oxygen atoms in total. The van der Waals surface area contributed by atoms with Crippen LogP contribution in [0, 0.1) is 17.0 Å². The monoisotopic (exact) mass is 407 g/mol. The van der Waals surface area contributed by atoms with Gasteiger partial charge in [-0.25, -0.2) is 0 Å². The molecule has 0 saturated carbocycles. The Kier molecular flexibility index (Phi) is 6.97. The SMILES string of the molecule is Cc1ccccc1CN(Cc1cccnc1)C(=O)CSc1ccc([N+](=O)[O-])cc1. The summed E-state index contributed by atoms with van der Waals surface area (Å²) < 4.78 is 0. The molecule has 0 bridgehead atoms. The van der Waals surface area contributed by atoms with E-state index in [1.54, 1.807) is 24.5 Å². The van der Waals surface area contributed by atoms with E-state index in [2.05, 4.69) is 4.98 Å². The van der Waals surface area contributed by atoms with Gasteiger partial charge >= 0.3 is 0 Å². The number of non-ortho nitro benzene ring substituents is 1. The lowest BCUT2D eigenvalue weighted by Gasteiger charge is -2.24. The summed E-state index contributed by atoms with van der Waals surface area (Å²) in [6, 6.07) is 18.1. The fraction of sp³-hybridized carbons (Fsp3) is 0.182. The molecule has 2 aromatic carbocycles. The van der Waals surface area contributed by atoms with Gasteiger partial charge < -0.3 is 4.90 Å². The van der Waals surface area contributed by atoms with Crippen molar-refractivity contribution < 1.29 is 9.72 Å². The molecule has 0 N–H and O–H groups in total. The molecule has 0 saturated heterocycles. The maximum Gasteiger partial charge on any atom is 0.269 e. The summed E-state index contributed by atoms with van der Waals surface area (Å²) >= 11 is 1.37. The van der Waals surface area contributed by atoms with Crippen molar-refractivity contribution in [3.8, 4) is 0 Å². The minimum absolute atomic E-state index is 0.000425. The lowest BCUT2D eigenvalue weighted by molar-refractivity contribution is -0.384. The highest BCUT2D eigenvalue weighted by molar-refractivity contribution is 8.00. The number of amides is 1. The average Bonchev–Trinajstić information content (AvgIpc) is 2.74. The second-order valence-electron chi connectivity index (χ2n) is 6.58. The minimum Gasteiger partial charge on any atom is -0.333 e. The van der Waals surface area contributed by atoms with Crippen LogP contribution in [0.15, 0.2) is 78.0 Å². The molecule has 0 atom stereocenters. The Hall–Kier alpha value is -3.19. The first kappa shape index (κ1) is 20.5. The second-order valence-corrected chi connectivity index (χ2v) is 7.63. The van der Waals surface area contributed by atoms with Crippen LogP contribution in [0.1, 0.15) is 16.7 Å². The zero-order valence-electron chi connectivity index (χ0n) is 16.0. The number of benzene rings is 2. The number of carbonyl (C=O) groups excluding carboxylic acids is 1. The molecule has 0 aliphatic heterocycles. The number of aryl methyl sites for hydroxylation is 1. The molecule has 3 aromatic rings. The van der Waals surface area contributed by atoms with Gasteiger partial charge in [0.15, 0.2) is 0 Å². The number of rotatable bonds is 8. The van der Waals surface area contributed by atoms with Gasteiger partial charge in [-0.15, -0.1) is 11.8 Å². The number of thioether (sulfide) groups is 1. The Balaban J connectivity index is 1.71. The fourth-order valence-electron chi connectivity index (χ4n) is 2.84. The van der Waals surface area contributed by atoms with Gasteiger partial charge in [0.2, 0.25) is 5.91 Å². The number of aromatic nitrogens is 1. The Bertz CT molecular complexity index is 978. The highest BCUT2D eigenvalue weighted by atomic mass is 32.2. The van der Waals surface area contributed by atoms with E-state index >= 15 is 0 Å². The van der Waals surface area contributed by atoms with Crippen LogP contribution in [0.25, 0.3) is 0 Å². The van der Waals surface area contributed by atoms with Gasteiger partial charge in [-0.2, -0.15) is 0 Å². The van der Waals surface area contributed by atoms with Crippen LogP contribution in [0.2, 0.25) is 0 Å². The Morgan fingerprint density at radius 1 is 1.07 bits per heavy atom. The van der Waals surface area contributed by atoms with Gasteiger partial charge in [-0.05, 0) is 41.8 Å².